The summed E-state index contributed by atoms with van der Waals surface area (Å²) in [6.45, 7) is 8.82. The average molecular weight is 497 g/mol. The van der Waals surface area contributed by atoms with Crippen LogP contribution in [-0.4, -0.2) is 25.3 Å². The first kappa shape index (κ1) is 26.4. The van der Waals surface area contributed by atoms with Gasteiger partial charge < -0.3 is 18.9 Å². The van der Waals surface area contributed by atoms with Crippen LogP contribution in [0.5, 0.6) is 23.0 Å². The maximum Gasteiger partial charge on any atom is 0.306 e. The molecule has 0 N–H and O–H groups in total. The number of hydrogen-bond donors (Lipinski definition) is 0. The normalized spacial score (nSPS) is 11.6. The smallest absolute Gasteiger partial charge is 0.306 e. The Morgan fingerprint density at radius 1 is 0.943 bits per heavy atom. The number of rotatable bonds is 12. The molecule has 0 spiro atoms. The fourth-order valence-corrected chi connectivity index (χ4v) is 3.95. The van der Waals surface area contributed by atoms with Gasteiger partial charge in [-0.05, 0) is 87.2 Å². The minimum Gasteiger partial charge on any atom is -0.493 e. The minimum absolute atomic E-state index is 0.0969. The van der Waals surface area contributed by atoms with Crippen molar-refractivity contribution in [3.63, 3.8) is 0 Å². The van der Waals surface area contributed by atoms with E-state index >= 15 is 0 Å². The molecule has 0 aliphatic heterocycles. The average Bonchev–Trinajstić information content (AvgIpc) is 2.81. The Morgan fingerprint density at radius 2 is 1.66 bits per heavy atom. The van der Waals surface area contributed by atoms with Crippen molar-refractivity contribution in [1.29, 1.82) is 0 Å². The Morgan fingerprint density at radius 3 is 2.34 bits per heavy atom. The van der Waals surface area contributed by atoms with Crippen molar-refractivity contribution in [1.82, 2.24) is 0 Å². The number of para-hydroxylation sites is 1. The van der Waals surface area contributed by atoms with Crippen molar-refractivity contribution in [2.75, 3.05) is 13.2 Å². The Bertz CT molecular complexity index is 1090. The lowest BCUT2D eigenvalue weighted by atomic mass is 9.98. The molecule has 1 atom stereocenters. The van der Waals surface area contributed by atoms with Crippen molar-refractivity contribution in [3.8, 4) is 23.0 Å². The summed E-state index contributed by atoms with van der Waals surface area (Å²) in [5.41, 5.74) is 3.38. The second-order valence-corrected chi connectivity index (χ2v) is 8.85. The first-order valence-electron chi connectivity index (χ1n) is 11.9. The second-order valence-electron chi connectivity index (χ2n) is 8.41. The number of aryl methyl sites for hydroxylation is 2. The zero-order valence-corrected chi connectivity index (χ0v) is 21.6. The molecule has 0 saturated carbocycles. The Hall–Kier alpha value is -3.18. The highest BCUT2D eigenvalue weighted by Crippen LogP contribution is 2.35. The second kappa shape index (κ2) is 13.1. The standard InChI is InChI=1S/C29H33ClO5/c1-5-32-29(31)14-12-26-20(2)17-25(18-21(26)3)33-16-15-22(4)34-27-13-11-23(30)19-28(27)35-24-9-7-6-8-10-24/h6-11,13,17-19,22H,5,12,14-16H2,1-4H3. The van der Waals surface area contributed by atoms with Gasteiger partial charge in [0.05, 0.1) is 19.3 Å². The SMILES string of the molecule is CCOC(=O)CCc1c(C)cc(OCCC(C)Oc2ccc(Cl)cc2Oc2ccccc2)cc1C. The summed E-state index contributed by atoms with van der Waals surface area (Å²) < 4.78 is 23.2. The lowest BCUT2D eigenvalue weighted by molar-refractivity contribution is -0.143. The third kappa shape index (κ3) is 8.22. The van der Waals surface area contributed by atoms with E-state index in [1.807, 2.05) is 76.2 Å². The molecule has 6 heteroatoms. The molecule has 0 aliphatic rings. The van der Waals surface area contributed by atoms with E-state index in [-0.39, 0.29) is 12.1 Å². The number of carbonyl (C=O) groups is 1. The molecule has 5 nitrogen and oxygen atoms in total. The van der Waals surface area contributed by atoms with Gasteiger partial charge in [0.25, 0.3) is 0 Å². The highest BCUT2D eigenvalue weighted by molar-refractivity contribution is 6.30. The maximum absolute atomic E-state index is 11.7. The van der Waals surface area contributed by atoms with Gasteiger partial charge in [0.1, 0.15) is 11.5 Å². The highest BCUT2D eigenvalue weighted by atomic mass is 35.5. The van der Waals surface area contributed by atoms with Gasteiger partial charge in [0.2, 0.25) is 0 Å². The Balaban J connectivity index is 1.54. The zero-order chi connectivity index (χ0) is 25.2. The monoisotopic (exact) mass is 496 g/mol. The van der Waals surface area contributed by atoms with Crippen LogP contribution in [0, 0.1) is 13.8 Å². The molecule has 3 aromatic carbocycles. The molecular formula is C29H33ClO5. The van der Waals surface area contributed by atoms with E-state index in [1.54, 1.807) is 12.1 Å². The van der Waals surface area contributed by atoms with Crippen molar-refractivity contribution < 1.29 is 23.7 Å². The van der Waals surface area contributed by atoms with Crippen LogP contribution in [-0.2, 0) is 16.0 Å². The van der Waals surface area contributed by atoms with E-state index in [2.05, 4.69) is 0 Å². The van der Waals surface area contributed by atoms with E-state index in [0.717, 1.165) is 22.4 Å². The third-order valence-electron chi connectivity index (χ3n) is 5.55. The molecule has 3 rings (SSSR count). The molecular weight excluding hydrogens is 464 g/mol. The predicted molar refractivity (Wildman–Crippen MR) is 139 cm³/mol. The number of benzene rings is 3. The van der Waals surface area contributed by atoms with E-state index in [4.69, 9.17) is 30.5 Å². The van der Waals surface area contributed by atoms with Crippen LogP contribution < -0.4 is 14.2 Å². The van der Waals surface area contributed by atoms with Crippen molar-refractivity contribution in [2.45, 2.75) is 53.1 Å². The van der Waals surface area contributed by atoms with Gasteiger partial charge in [-0.15, -0.1) is 0 Å². The lowest BCUT2D eigenvalue weighted by Gasteiger charge is -2.19. The van der Waals surface area contributed by atoms with Crippen LogP contribution in [0.15, 0.2) is 60.7 Å². The molecule has 0 saturated heterocycles. The largest absolute Gasteiger partial charge is 0.493 e. The molecule has 186 valence electrons. The van der Waals surface area contributed by atoms with Crippen LogP contribution in [0.4, 0.5) is 0 Å². The van der Waals surface area contributed by atoms with Crippen LogP contribution in [0.1, 0.15) is 43.4 Å². The number of esters is 1. The van der Waals surface area contributed by atoms with E-state index in [9.17, 15) is 4.79 Å². The summed E-state index contributed by atoms with van der Waals surface area (Å²) in [5.74, 6) is 2.56. The number of carbonyl (C=O) groups excluding carboxylic acids is 1. The summed E-state index contributed by atoms with van der Waals surface area (Å²) in [5, 5.41) is 0.579. The van der Waals surface area contributed by atoms with Gasteiger partial charge in [-0.25, -0.2) is 0 Å². The molecule has 3 aromatic rings. The zero-order valence-electron chi connectivity index (χ0n) is 20.8. The molecule has 0 amide bonds. The van der Waals surface area contributed by atoms with Crippen molar-refractivity contribution >= 4 is 17.6 Å². The number of ether oxygens (including phenoxy) is 4. The minimum atomic E-state index is -0.168. The van der Waals surface area contributed by atoms with E-state index in [0.29, 0.717) is 54.7 Å². The summed E-state index contributed by atoms with van der Waals surface area (Å²) in [6, 6.07) is 18.9. The molecule has 0 fully saturated rings. The number of halogens is 1. The van der Waals surface area contributed by atoms with Crippen LogP contribution in [0.2, 0.25) is 5.02 Å². The van der Waals surface area contributed by atoms with Gasteiger partial charge in [-0.2, -0.15) is 0 Å². The predicted octanol–water partition coefficient (Wildman–Crippen LogP) is 7.48. The Kier molecular flexibility index (Phi) is 9.86. The van der Waals surface area contributed by atoms with Crippen molar-refractivity contribution in [2.24, 2.45) is 0 Å². The van der Waals surface area contributed by atoms with Crippen molar-refractivity contribution in [3.05, 3.63) is 82.4 Å². The molecule has 0 bridgehead atoms. The Labute approximate surface area is 212 Å². The molecule has 0 aliphatic carbocycles. The van der Waals surface area contributed by atoms with E-state index < -0.39 is 0 Å². The third-order valence-corrected chi connectivity index (χ3v) is 5.79. The maximum atomic E-state index is 11.7. The van der Waals surface area contributed by atoms with Gasteiger partial charge in [0.15, 0.2) is 11.5 Å². The molecule has 0 radical (unpaired) electrons. The molecule has 35 heavy (non-hydrogen) atoms. The fourth-order valence-electron chi connectivity index (χ4n) is 3.78. The summed E-state index contributed by atoms with van der Waals surface area (Å²) in [4.78, 5) is 11.7. The first-order valence-corrected chi connectivity index (χ1v) is 12.3. The summed E-state index contributed by atoms with van der Waals surface area (Å²) >= 11 is 6.18. The quantitative estimate of drug-likeness (QED) is 0.243. The van der Waals surface area contributed by atoms with Crippen LogP contribution in [0.3, 0.4) is 0 Å². The molecule has 0 heterocycles. The van der Waals surface area contributed by atoms with E-state index in [1.165, 1.54) is 0 Å². The summed E-state index contributed by atoms with van der Waals surface area (Å²) in [7, 11) is 0. The van der Waals surface area contributed by atoms with Crippen LogP contribution in [0.25, 0.3) is 0 Å². The van der Waals surface area contributed by atoms with Gasteiger partial charge in [0, 0.05) is 23.9 Å². The fraction of sp³-hybridized carbons (Fsp3) is 0.345. The lowest BCUT2D eigenvalue weighted by Crippen LogP contribution is -2.16. The van der Waals surface area contributed by atoms with Crippen LogP contribution >= 0.6 is 11.6 Å². The first-order chi connectivity index (χ1) is 16.9. The van der Waals surface area contributed by atoms with Gasteiger partial charge >= 0.3 is 5.97 Å². The topological polar surface area (TPSA) is 54.0 Å². The summed E-state index contributed by atoms with van der Waals surface area (Å²) in [6.07, 6.45) is 1.64. The molecule has 0 aromatic heterocycles. The van der Waals surface area contributed by atoms with Gasteiger partial charge in [-0.3, -0.25) is 4.79 Å². The van der Waals surface area contributed by atoms with Gasteiger partial charge in [-0.1, -0.05) is 29.8 Å². The molecule has 1 unspecified atom stereocenters. The number of hydrogen-bond acceptors (Lipinski definition) is 5. The highest BCUT2D eigenvalue weighted by Gasteiger charge is 2.13.